The monoisotopic (exact) mass is 1420 g/mol. The van der Waals surface area contributed by atoms with E-state index < -0.39 is 13.0 Å². The number of allylic oxidation sites excluding steroid dienone is 2. The maximum absolute atomic E-state index is 5.29. The number of fused-ring (bicyclic) bond motifs is 4. The van der Waals surface area contributed by atoms with E-state index in [4.69, 9.17) is 63.7 Å². The molecule has 0 fully saturated rings. The molecule has 0 heterocycles. The van der Waals surface area contributed by atoms with Gasteiger partial charge in [0.1, 0.15) is 0 Å². The maximum Gasteiger partial charge on any atom is 0.0932 e. The van der Waals surface area contributed by atoms with Gasteiger partial charge in [-0.3, -0.25) is 0 Å². The van der Waals surface area contributed by atoms with Crippen LogP contribution in [0.1, 0.15) is 321 Å². The van der Waals surface area contributed by atoms with Gasteiger partial charge in [0.05, 0.1) is 17.3 Å². The number of hydrogen-bond donors (Lipinski definition) is 0. The third-order valence-electron chi connectivity index (χ3n) is 20.5. The molecule has 0 bridgehead atoms. The van der Waals surface area contributed by atoms with Gasteiger partial charge in [0.2, 0.25) is 0 Å². The molecule has 1 aliphatic rings. The van der Waals surface area contributed by atoms with Crippen molar-refractivity contribution < 1.29 is 0 Å². The van der Waals surface area contributed by atoms with Crippen molar-refractivity contribution in [2.24, 2.45) is 0 Å². The Morgan fingerprint density at radius 2 is 0.558 bits per heavy atom. The number of rotatable bonds is 46. The molecule has 0 aliphatic heterocycles. The molecule has 0 nitrogen and oxygen atoms in total. The maximum atomic E-state index is 5.29. The topological polar surface area (TPSA) is 0 Å². The van der Waals surface area contributed by atoms with Gasteiger partial charge in [-0.2, -0.15) is 0 Å². The van der Waals surface area contributed by atoms with E-state index in [0.29, 0.717) is 0 Å². The van der Waals surface area contributed by atoms with Gasteiger partial charge >= 0.3 is 0 Å². The van der Waals surface area contributed by atoms with Crippen molar-refractivity contribution in [3.8, 4) is 0 Å². The highest BCUT2D eigenvalue weighted by atomic mass is 79.9. The molecule has 4 atom stereocenters. The van der Waals surface area contributed by atoms with Crippen LogP contribution in [-0.2, 0) is 8.65 Å². The first-order valence-electron chi connectivity index (χ1n) is 36.5. The predicted octanol–water partition coefficient (Wildman–Crippen LogP) is 30.0. The van der Waals surface area contributed by atoms with E-state index in [9.17, 15) is 0 Å². The van der Waals surface area contributed by atoms with Gasteiger partial charge in [-0.1, -0.05) is 426 Å². The van der Waals surface area contributed by atoms with Crippen LogP contribution >= 0.6 is 63.7 Å². The second kappa shape index (κ2) is 38.8. The molecule has 0 radical (unpaired) electrons. The normalized spacial score (nSPS) is 20.0. The van der Waals surface area contributed by atoms with Crippen LogP contribution in [0.25, 0.3) is 43.1 Å². The number of halogens is 4. The van der Waals surface area contributed by atoms with Crippen molar-refractivity contribution in [1.82, 2.24) is 0 Å². The molecule has 4 unspecified atom stereocenters. The predicted molar refractivity (Wildman–Crippen MR) is 400 cm³/mol. The van der Waals surface area contributed by atoms with Crippen LogP contribution in [-0.4, -0.2) is 8.65 Å². The average Bonchev–Trinajstić information content (AvgIpc) is 0.668. The summed E-state index contributed by atoms with van der Waals surface area (Å²) in [5, 5.41) is 10.6. The Labute approximate surface area is 561 Å². The Kier molecular flexibility index (Phi) is 32.2. The number of alkyl halides is 4. The Bertz CT molecular complexity index is 2900. The summed E-state index contributed by atoms with van der Waals surface area (Å²) in [6.07, 6.45) is 58.1. The van der Waals surface area contributed by atoms with E-state index in [1.54, 1.807) is 11.1 Å². The molecular weight excluding hydrogens is 1300 g/mol. The molecule has 6 aromatic rings. The van der Waals surface area contributed by atoms with Crippen LogP contribution < -0.4 is 0 Å². The van der Waals surface area contributed by atoms with Crippen molar-refractivity contribution in [3.63, 3.8) is 0 Å². The summed E-state index contributed by atoms with van der Waals surface area (Å²) in [5.74, 6) is 0. The summed E-state index contributed by atoms with van der Waals surface area (Å²) in [6, 6.07) is 43.0. The molecule has 0 aromatic heterocycles. The van der Waals surface area contributed by atoms with E-state index >= 15 is 0 Å². The molecule has 0 amide bonds. The van der Waals surface area contributed by atoms with Crippen LogP contribution in [0, 0.1) is 0 Å². The minimum atomic E-state index is -0.675. The second-order valence-electron chi connectivity index (χ2n) is 27.1. The first-order valence-corrected chi connectivity index (χ1v) is 39.6. The van der Waals surface area contributed by atoms with Gasteiger partial charge in [-0.25, -0.2) is 0 Å². The Morgan fingerprint density at radius 3 is 0.942 bits per heavy atom. The number of benzene rings is 6. The molecule has 1 aliphatic carbocycles. The molecule has 0 saturated carbocycles. The molecular formula is C82H118Br4. The van der Waals surface area contributed by atoms with E-state index in [0.717, 1.165) is 25.7 Å². The van der Waals surface area contributed by atoms with Crippen LogP contribution in [0.4, 0.5) is 0 Å². The second-order valence-corrected chi connectivity index (χ2v) is 32.1. The van der Waals surface area contributed by atoms with E-state index in [1.165, 1.54) is 311 Å². The molecule has 0 N–H and O–H groups in total. The molecule has 474 valence electrons. The summed E-state index contributed by atoms with van der Waals surface area (Å²) >= 11 is 21.0. The summed E-state index contributed by atoms with van der Waals surface area (Å²) in [7, 11) is 0. The van der Waals surface area contributed by atoms with Crippen LogP contribution in [0.3, 0.4) is 0 Å². The molecule has 86 heavy (non-hydrogen) atoms. The lowest BCUT2D eigenvalue weighted by molar-refractivity contribution is 0.264. The molecule has 7 rings (SSSR count). The Morgan fingerprint density at radius 1 is 0.267 bits per heavy atom. The van der Waals surface area contributed by atoms with E-state index in [1.807, 2.05) is 0 Å². The van der Waals surface area contributed by atoms with Gasteiger partial charge in [-0.05, 0) is 123 Å². The van der Waals surface area contributed by atoms with Gasteiger partial charge in [0.15, 0.2) is 0 Å². The summed E-state index contributed by atoms with van der Waals surface area (Å²) in [6.45, 7) is 9.36. The van der Waals surface area contributed by atoms with Crippen LogP contribution in [0.2, 0.25) is 0 Å². The molecule has 0 saturated heterocycles. The minimum Gasteiger partial charge on any atom is -0.0814 e. The highest BCUT2D eigenvalue weighted by molar-refractivity contribution is 9.15. The van der Waals surface area contributed by atoms with Crippen molar-refractivity contribution in [2.75, 3.05) is 0 Å². The Balaban J connectivity index is 1.43. The number of hydrogen-bond acceptors (Lipinski definition) is 0. The fraction of sp³-hybridized carbons (Fsp3) is 0.634. The summed E-state index contributed by atoms with van der Waals surface area (Å²) in [5.41, 5.74) is 6.15. The van der Waals surface area contributed by atoms with Crippen molar-refractivity contribution in [2.45, 2.75) is 328 Å². The third-order valence-corrected chi connectivity index (χ3v) is 28.5. The van der Waals surface area contributed by atoms with Crippen molar-refractivity contribution >= 4 is 107 Å². The number of unbranched alkanes of at least 4 members (excludes halogenated alkanes) is 36. The SMILES string of the molecule is CCCCCCCCCCCCC1=C(CCCCCCCCCCCC)C(Br)(c2cccc3cc4ccccc4cc23)C(Br)(c2cccc3cc4ccccc4cc23)C(Br)(CCCCCCCCCCCC)C1(Br)CCCCCCCCCCCC. The van der Waals surface area contributed by atoms with E-state index in [2.05, 4.69) is 137 Å². The first kappa shape index (κ1) is 71.5. The summed E-state index contributed by atoms with van der Waals surface area (Å²) < 4.78 is -2.12. The zero-order valence-electron chi connectivity index (χ0n) is 55.0. The Hall–Kier alpha value is -1.98. The van der Waals surface area contributed by atoms with Gasteiger partial charge in [0.25, 0.3) is 0 Å². The third kappa shape index (κ3) is 18.8. The van der Waals surface area contributed by atoms with E-state index in [-0.39, 0.29) is 4.32 Å². The van der Waals surface area contributed by atoms with Crippen molar-refractivity contribution in [1.29, 1.82) is 0 Å². The largest absolute Gasteiger partial charge is 0.0932 e. The standard InChI is InChI=1S/C82H118Br4/c1-5-9-13-17-21-25-29-33-37-41-57-77-78(58-42-38-34-30-26-22-18-14-10-6-2)81(85,75-59-49-55-71-63-67-51-43-45-53-69(67)65-73(71)75)82(86,76-60-50-56-72-64-68-52-44-46-54-70(68)66-74(72)76)80(84,62-48-40-36-32-28-24-20-16-12-8-4)79(77,83)61-47-39-35-31-27-23-19-15-11-7-3/h43-46,49-56,59-60,63-66H,5-42,47-48,57-58,61-62H2,1-4H3. The molecule has 6 aromatic carbocycles. The van der Waals surface area contributed by atoms with Gasteiger partial charge < -0.3 is 0 Å². The van der Waals surface area contributed by atoms with Crippen LogP contribution in [0.5, 0.6) is 0 Å². The molecule has 0 spiro atoms. The fourth-order valence-electron chi connectivity index (χ4n) is 15.4. The minimum absolute atomic E-state index is 0.330. The zero-order valence-corrected chi connectivity index (χ0v) is 61.4. The highest BCUT2D eigenvalue weighted by Gasteiger charge is 2.73. The smallest absolute Gasteiger partial charge is 0.0814 e. The highest BCUT2D eigenvalue weighted by Crippen LogP contribution is 2.76. The lowest BCUT2D eigenvalue weighted by Crippen LogP contribution is -2.68. The lowest BCUT2D eigenvalue weighted by Gasteiger charge is -2.65. The fourth-order valence-corrected chi connectivity index (χ4v) is 21.0. The average molecular weight is 1420 g/mol. The lowest BCUT2D eigenvalue weighted by atomic mass is 9.55. The van der Waals surface area contributed by atoms with Gasteiger partial charge in [-0.15, -0.1) is 0 Å². The van der Waals surface area contributed by atoms with Crippen molar-refractivity contribution in [3.05, 3.63) is 131 Å². The quantitative estimate of drug-likeness (QED) is 0.0155. The molecule has 4 heteroatoms. The zero-order chi connectivity index (χ0) is 60.8. The van der Waals surface area contributed by atoms with Crippen LogP contribution in [0.15, 0.2) is 120 Å². The first-order chi connectivity index (χ1) is 42.1. The van der Waals surface area contributed by atoms with Gasteiger partial charge in [0, 0.05) is 0 Å². The summed E-state index contributed by atoms with van der Waals surface area (Å²) in [4.78, 5) is 0.